The number of amides is 2. The minimum absolute atomic E-state index is 0.195. The maximum absolute atomic E-state index is 12.8. The van der Waals surface area contributed by atoms with E-state index in [9.17, 15) is 9.59 Å². The van der Waals surface area contributed by atoms with E-state index in [0.29, 0.717) is 35.7 Å². The van der Waals surface area contributed by atoms with Gasteiger partial charge in [0, 0.05) is 17.8 Å². The summed E-state index contributed by atoms with van der Waals surface area (Å²) in [5.74, 6) is 0.0976. The van der Waals surface area contributed by atoms with Crippen LogP contribution in [0.1, 0.15) is 52.5 Å². The van der Waals surface area contributed by atoms with Crippen molar-refractivity contribution in [3.63, 3.8) is 0 Å². The lowest BCUT2D eigenvalue weighted by Crippen LogP contribution is -2.23. The summed E-state index contributed by atoms with van der Waals surface area (Å²) >= 11 is 0. The fraction of sp³-hybridized carbons (Fsp3) is 0.231. The highest BCUT2D eigenvalue weighted by Gasteiger charge is 2.13. The van der Waals surface area contributed by atoms with Crippen LogP contribution in [0, 0.1) is 0 Å². The van der Waals surface area contributed by atoms with E-state index in [1.54, 1.807) is 42.5 Å². The molecule has 0 aliphatic heterocycles. The topological polar surface area (TPSA) is 67.4 Å². The molecule has 0 atom stereocenters. The van der Waals surface area contributed by atoms with Crippen molar-refractivity contribution in [2.75, 3.05) is 11.9 Å². The maximum atomic E-state index is 12.8. The molecule has 3 aromatic rings. The van der Waals surface area contributed by atoms with Gasteiger partial charge in [-0.15, -0.1) is 0 Å². The van der Waals surface area contributed by atoms with Gasteiger partial charge in [-0.1, -0.05) is 68.3 Å². The molecule has 0 unspecified atom stereocenters. The fourth-order valence-electron chi connectivity index (χ4n) is 3.13. The molecule has 0 aromatic heterocycles. The Hall–Kier alpha value is -3.60. The predicted octanol–water partition coefficient (Wildman–Crippen LogP) is 5.44. The average molecular weight is 417 g/mol. The highest BCUT2D eigenvalue weighted by atomic mass is 16.5. The van der Waals surface area contributed by atoms with Gasteiger partial charge in [0.25, 0.3) is 11.8 Å². The summed E-state index contributed by atoms with van der Waals surface area (Å²) in [6.07, 6.45) is 3.15. The molecule has 5 nitrogen and oxygen atoms in total. The van der Waals surface area contributed by atoms with E-state index in [2.05, 4.69) is 17.6 Å². The lowest BCUT2D eigenvalue weighted by Gasteiger charge is -2.12. The first-order valence-electron chi connectivity index (χ1n) is 10.6. The second-order valence-corrected chi connectivity index (χ2v) is 7.25. The van der Waals surface area contributed by atoms with Crippen molar-refractivity contribution in [1.82, 2.24) is 5.32 Å². The first-order chi connectivity index (χ1) is 15.2. The van der Waals surface area contributed by atoms with Crippen LogP contribution >= 0.6 is 0 Å². The van der Waals surface area contributed by atoms with Gasteiger partial charge in [0.15, 0.2) is 0 Å². The molecule has 3 aromatic carbocycles. The van der Waals surface area contributed by atoms with Crippen LogP contribution in [0.5, 0.6) is 5.75 Å². The number of carbonyl (C=O) groups is 2. The zero-order valence-corrected chi connectivity index (χ0v) is 17.8. The lowest BCUT2D eigenvalue weighted by atomic mass is 10.1. The Morgan fingerprint density at radius 2 is 1.61 bits per heavy atom. The highest BCUT2D eigenvalue weighted by molar-refractivity contribution is 6.06. The van der Waals surface area contributed by atoms with E-state index in [4.69, 9.17) is 4.74 Å². The van der Waals surface area contributed by atoms with Crippen LogP contribution in [-0.4, -0.2) is 18.4 Å². The molecule has 5 heteroatoms. The summed E-state index contributed by atoms with van der Waals surface area (Å²) in [6.45, 7) is 3.16. The van der Waals surface area contributed by atoms with Crippen LogP contribution < -0.4 is 15.4 Å². The molecule has 2 amide bonds. The summed E-state index contributed by atoms with van der Waals surface area (Å²) < 4.78 is 5.81. The Kier molecular flexibility index (Phi) is 8.23. The zero-order chi connectivity index (χ0) is 21.9. The Bertz CT molecular complexity index is 1000. The minimum atomic E-state index is -0.270. The van der Waals surface area contributed by atoms with Gasteiger partial charge < -0.3 is 15.4 Å². The van der Waals surface area contributed by atoms with E-state index in [0.717, 1.165) is 24.8 Å². The molecular formula is C26H28N2O3. The molecule has 160 valence electrons. The van der Waals surface area contributed by atoms with Crippen LogP contribution in [0.2, 0.25) is 0 Å². The molecular weight excluding hydrogens is 388 g/mol. The third kappa shape index (κ3) is 6.71. The summed E-state index contributed by atoms with van der Waals surface area (Å²) in [6, 6.07) is 23.8. The Balaban J connectivity index is 1.63. The monoisotopic (exact) mass is 416 g/mol. The molecule has 2 N–H and O–H groups in total. The minimum Gasteiger partial charge on any atom is -0.493 e. The molecule has 3 rings (SSSR count). The molecule has 0 spiro atoms. The second kappa shape index (κ2) is 11.6. The number of anilines is 1. The van der Waals surface area contributed by atoms with E-state index in [1.165, 1.54) is 0 Å². The molecule has 31 heavy (non-hydrogen) atoms. The standard InChI is InChI=1S/C26H28N2O3/c1-2-3-9-17-31-24-16-8-7-15-23(24)26(30)28-22-14-10-13-21(18-22)25(29)27-19-20-11-5-4-6-12-20/h4-8,10-16,18H,2-3,9,17,19H2,1H3,(H,27,29)(H,28,30). The summed E-state index contributed by atoms with van der Waals surface area (Å²) in [5.41, 5.74) is 2.53. The van der Waals surface area contributed by atoms with Crippen LogP contribution in [-0.2, 0) is 6.54 Å². The van der Waals surface area contributed by atoms with Gasteiger partial charge in [-0.2, -0.15) is 0 Å². The van der Waals surface area contributed by atoms with Gasteiger partial charge >= 0.3 is 0 Å². The molecule has 0 radical (unpaired) electrons. The van der Waals surface area contributed by atoms with Crippen molar-refractivity contribution in [3.8, 4) is 5.75 Å². The van der Waals surface area contributed by atoms with Gasteiger partial charge in [0.2, 0.25) is 0 Å². The van der Waals surface area contributed by atoms with Gasteiger partial charge in [-0.3, -0.25) is 9.59 Å². The number of unbranched alkanes of at least 4 members (excludes halogenated alkanes) is 2. The van der Waals surface area contributed by atoms with Crippen LogP contribution in [0.15, 0.2) is 78.9 Å². The molecule has 0 fully saturated rings. The van der Waals surface area contributed by atoms with Crippen molar-refractivity contribution >= 4 is 17.5 Å². The molecule has 0 aliphatic rings. The molecule has 0 bridgehead atoms. The SMILES string of the molecule is CCCCCOc1ccccc1C(=O)Nc1cccc(C(=O)NCc2ccccc2)c1. The maximum Gasteiger partial charge on any atom is 0.259 e. The summed E-state index contributed by atoms with van der Waals surface area (Å²) in [4.78, 5) is 25.3. The Morgan fingerprint density at radius 3 is 2.42 bits per heavy atom. The number of carbonyl (C=O) groups excluding carboxylic acids is 2. The van der Waals surface area contributed by atoms with Crippen LogP contribution in [0.3, 0.4) is 0 Å². The lowest BCUT2D eigenvalue weighted by molar-refractivity contribution is 0.0949. The number of rotatable bonds is 10. The van der Waals surface area contributed by atoms with Crippen LogP contribution in [0.25, 0.3) is 0 Å². The highest BCUT2D eigenvalue weighted by Crippen LogP contribution is 2.21. The smallest absolute Gasteiger partial charge is 0.259 e. The van der Waals surface area contributed by atoms with E-state index in [1.807, 2.05) is 36.4 Å². The number of ether oxygens (including phenoxy) is 1. The predicted molar refractivity (Wildman–Crippen MR) is 123 cm³/mol. The van der Waals surface area contributed by atoms with Crippen molar-refractivity contribution in [1.29, 1.82) is 0 Å². The Morgan fingerprint density at radius 1 is 0.839 bits per heavy atom. The van der Waals surface area contributed by atoms with Gasteiger partial charge in [0.05, 0.1) is 12.2 Å². The van der Waals surface area contributed by atoms with Crippen LogP contribution in [0.4, 0.5) is 5.69 Å². The number of benzene rings is 3. The number of hydrogen-bond donors (Lipinski definition) is 2. The van der Waals surface area contributed by atoms with Gasteiger partial charge in [0.1, 0.15) is 5.75 Å². The molecule has 0 aliphatic carbocycles. The largest absolute Gasteiger partial charge is 0.493 e. The van der Waals surface area contributed by atoms with E-state index in [-0.39, 0.29) is 11.8 Å². The zero-order valence-electron chi connectivity index (χ0n) is 17.8. The third-order valence-corrected chi connectivity index (χ3v) is 4.82. The van der Waals surface area contributed by atoms with Crippen molar-refractivity contribution in [2.45, 2.75) is 32.7 Å². The summed E-state index contributed by atoms with van der Waals surface area (Å²) in [7, 11) is 0. The Labute approximate surface area is 183 Å². The summed E-state index contributed by atoms with van der Waals surface area (Å²) in [5, 5.41) is 5.77. The third-order valence-electron chi connectivity index (χ3n) is 4.82. The molecule has 0 heterocycles. The first-order valence-corrected chi connectivity index (χ1v) is 10.6. The second-order valence-electron chi connectivity index (χ2n) is 7.25. The quantitative estimate of drug-likeness (QED) is 0.433. The van der Waals surface area contributed by atoms with Crippen molar-refractivity contribution in [3.05, 3.63) is 95.6 Å². The normalized spacial score (nSPS) is 10.4. The molecule has 0 saturated carbocycles. The van der Waals surface area contributed by atoms with Crippen molar-refractivity contribution < 1.29 is 14.3 Å². The molecule has 0 saturated heterocycles. The van der Waals surface area contributed by atoms with Gasteiger partial charge in [-0.25, -0.2) is 0 Å². The number of nitrogens with one attached hydrogen (secondary N) is 2. The van der Waals surface area contributed by atoms with Crippen molar-refractivity contribution in [2.24, 2.45) is 0 Å². The number of hydrogen-bond acceptors (Lipinski definition) is 3. The first kappa shape index (κ1) is 22.1. The van der Waals surface area contributed by atoms with E-state index < -0.39 is 0 Å². The number of para-hydroxylation sites is 1. The average Bonchev–Trinajstić information content (AvgIpc) is 2.81. The van der Waals surface area contributed by atoms with E-state index >= 15 is 0 Å². The fourth-order valence-corrected chi connectivity index (χ4v) is 3.13. The van der Waals surface area contributed by atoms with Gasteiger partial charge in [-0.05, 0) is 42.3 Å².